The molecule has 2 heterocycles. The molecule has 0 atom stereocenters. The molecule has 0 aromatic carbocycles. The van der Waals surface area contributed by atoms with E-state index in [-0.39, 0.29) is 0 Å². The fraction of sp³-hybridized carbons (Fsp3) is 0.667. The molecule has 0 radical (unpaired) electrons. The van der Waals surface area contributed by atoms with Gasteiger partial charge in [0.2, 0.25) is 0 Å². The van der Waals surface area contributed by atoms with Gasteiger partial charge in [-0.05, 0) is 76.1 Å². The number of rotatable bonds is 11. The average Bonchev–Trinajstić information content (AvgIpc) is 3.48. The largest absolute Gasteiger partial charge is 0.502 e. The third-order valence-corrected chi connectivity index (χ3v) is 5.33. The van der Waals surface area contributed by atoms with Crippen molar-refractivity contribution in [2.75, 3.05) is 32.1 Å². The Labute approximate surface area is 152 Å². The van der Waals surface area contributed by atoms with Crippen LogP contribution < -0.4 is 5.32 Å². The maximum absolute atomic E-state index is 5.17. The van der Waals surface area contributed by atoms with Crippen LogP contribution in [0.3, 0.4) is 0 Å². The topological polar surface area (TPSA) is 37.4 Å². The molecule has 3 rings (SSSR count). The van der Waals surface area contributed by atoms with E-state index >= 15 is 0 Å². The minimum atomic E-state index is 0.835. The summed E-state index contributed by atoms with van der Waals surface area (Å²) in [6.07, 6.45) is 10.9. The molecule has 0 saturated heterocycles. The summed E-state index contributed by atoms with van der Waals surface area (Å²) in [5.41, 5.74) is 2.62. The molecular formula is C21H33N3O. The number of aryl methyl sites for hydroxylation is 2. The van der Waals surface area contributed by atoms with E-state index in [2.05, 4.69) is 28.9 Å². The highest BCUT2D eigenvalue weighted by molar-refractivity contribution is 5.46. The van der Waals surface area contributed by atoms with Gasteiger partial charge in [-0.1, -0.05) is 12.6 Å². The van der Waals surface area contributed by atoms with Gasteiger partial charge >= 0.3 is 0 Å². The second kappa shape index (κ2) is 9.23. The van der Waals surface area contributed by atoms with Gasteiger partial charge in [-0.2, -0.15) is 0 Å². The lowest BCUT2D eigenvalue weighted by molar-refractivity contribution is 0.237. The van der Waals surface area contributed by atoms with Crippen molar-refractivity contribution in [2.24, 2.45) is 0 Å². The summed E-state index contributed by atoms with van der Waals surface area (Å²) in [4.78, 5) is 7.48. The Kier molecular flexibility index (Phi) is 6.74. The SMILES string of the molecule is C=C(CCCN(CCCCc1ccc2c(n1)NCCC2)C1CC1)OC. The molecular weight excluding hydrogens is 310 g/mol. The van der Waals surface area contributed by atoms with Crippen LogP contribution in [0.1, 0.15) is 56.2 Å². The Bertz CT molecular complexity index is 568. The second-order valence-corrected chi connectivity index (χ2v) is 7.41. The minimum absolute atomic E-state index is 0.835. The molecule has 4 nitrogen and oxygen atoms in total. The first-order valence-corrected chi connectivity index (χ1v) is 9.95. The van der Waals surface area contributed by atoms with Crippen molar-refractivity contribution >= 4 is 5.82 Å². The predicted octanol–water partition coefficient (Wildman–Crippen LogP) is 4.17. The molecule has 1 aromatic heterocycles. The number of aromatic nitrogens is 1. The predicted molar refractivity (Wildman–Crippen MR) is 104 cm³/mol. The van der Waals surface area contributed by atoms with Gasteiger partial charge in [-0.25, -0.2) is 4.98 Å². The first-order chi connectivity index (χ1) is 12.3. The van der Waals surface area contributed by atoms with E-state index in [1.54, 1.807) is 7.11 Å². The maximum Gasteiger partial charge on any atom is 0.129 e. The van der Waals surface area contributed by atoms with Crippen LogP contribution in [0.15, 0.2) is 24.5 Å². The van der Waals surface area contributed by atoms with Crippen molar-refractivity contribution in [2.45, 2.75) is 63.8 Å². The zero-order chi connectivity index (χ0) is 17.5. The number of anilines is 1. The van der Waals surface area contributed by atoms with E-state index in [0.717, 1.165) is 43.4 Å². The van der Waals surface area contributed by atoms with Crippen molar-refractivity contribution in [1.82, 2.24) is 9.88 Å². The number of unbranched alkanes of at least 4 members (excludes halogenated alkanes) is 1. The molecule has 0 unspecified atom stereocenters. The van der Waals surface area contributed by atoms with E-state index in [1.807, 2.05) is 0 Å². The van der Waals surface area contributed by atoms with E-state index in [9.17, 15) is 0 Å². The third-order valence-electron chi connectivity index (χ3n) is 5.33. The lowest BCUT2D eigenvalue weighted by atomic mass is 10.1. The van der Waals surface area contributed by atoms with Crippen molar-refractivity contribution in [3.63, 3.8) is 0 Å². The van der Waals surface area contributed by atoms with Crippen LogP contribution in [-0.4, -0.2) is 42.7 Å². The van der Waals surface area contributed by atoms with Crippen LogP contribution in [0.25, 0.3) is 0 Å². The molecule has 0 amide bonds. The van der Waals surface area contributed by atoms with Gasteiger partial charge in [-0.15, -0.1) is 0 Å². The van der Waals surface area contributed by atoms with Crippen LogP contribution in [-0.2, 0) is 17.6 Å². The first kappa shape index (κ1) is 18.2. The van der Waals surface area contributed by atoms with Crippen molar-refractivity contribution in [1.29, 1.82) is 0 Å². The summed E-state index contributed by atoms with van der Waals surface area (Å²) in [6, 6.07) is 5.33. The van der Waals surface area contributed by atoms with Gasteiger partial charge < -0.3 is 15.0 Å². The summed E-state index contributed by atoms with van der Waals surface area (Å²) in [6.45, 7) is 7.37. The molecule has 25 heavy (non-hydrogen) atoms. The molecule has 1 aliphatic carbocycles. The van der Waals surface area contributed by atoms with Crippen LogP contribution >= 0.6 is 0 Å². The number of pyridine rings is 1. The Hall–Kier alpha value is -1.55. The number of nitrogens with zero attached hydrogens (tertiary/aromatic N) is 2. The van der Waals surface area contributed by atoms with Crippen LogP contribution in [0, 0.1) is 0 Å². The Morgan fingerprint density at radius 2 is 2.12 bits per heavy atom. The Morgan fingerprint density at radius 1 is 1.28 bits per heavy atom. The summed E-state index contributed by atoms with van der Waals surface area (Å²) in [7, 11) is 1.71. The molecule has 1 aromatic rings. The maximum atomic E-state index is 5.17. The van der Waals surface area contributed by atoms with Gasteiger partial charge in [0, 0.05) is 24.7 Å². The summed E-state index contributed by atoms with van der Waals surface area (Å²) >= 11 is 0. The molecule has 0 bridgehead atoms. The Balaban J connectivity index is 1.37. The average molecular weight is 344 g/mol. The molecule has 4 heteroatoms. The van der Waals surface area contributed by atoms with Crippen LogP contribution in [0.4, 0.5) is 5.82 Å². The Morgan fingerprint density at radius 3 is 2.92 bits per heavy atom. The van der Waals surface area contributed by atoms with E-state index in [0.29, 0.717) is 0 Å². The summed E-state index contributed by atoms with van der Waals surface area (Å²) in [5, 5.41) is 3.44. The summed E-state index contributed by atoms with van der Waals surface area (Å²) < 4.78 is 5.17. The molecule has 2 aliphatic rings. The number of hydrogen-bond donors (Lipinski definition) is 1. The van der Waals surface area contributed by atoms with Crippen molar-refractivity contribution in [3.05, 3.63) is 35.7 Å². The molecule has 1 N–H and O–H groups in total. The monoisotopic (exact) mass is 343 g/mol. The van der Waals surface area contributed by atoms with E-state index < -0.39 is 0 Å². The van der Waals surface area contributed by atoms with Gasteiger partial charge in [-0.3, -0.25) is 0 Å². The van der Waals surface area contributed by atoms with Gasteiger partial charge in [0.1, 0.15) is 5.82 Å². The fourth-order valence-corrected chi connectivity index (χ4v) is 3.63. The number of methoxy groups -OCH3 is 1. The second-order valence-electron chi connectivity index (χ2n) is 7.41. The highest BCUT2D eigenvalue weighted by Gasteiger charge is 2.27. The quantitative estimate of drug-likeness (QED) is 0.483. The molecule has 138 valence electrons. The van der Waals surface area contributed by atoms with Gasteiger partial charge in [0.05, 0.1) is 12.9 Å². The standard InChI is InChI=1S/C21H33N3O/c1-17(25-2)7-6-16-24(20-12-13-20)15-4-3-9-19-11-10-18-8-5-14-22-21(18)23-19/h10-11,20H,1,3-9,12-16H2,2H3,(H,22,23). The fourth-order valence-electron chi connectivity index (χ4n) is 3.63. The number of nitrogens with one attached hydrogen (secondary N) is 1. The van der Waals surface area contributed by atoms with Gasteiger partial charge in [0.15, 0.2) is 0 Å². The molecule has 1 aliphatic heterocycles. The van der Waals surface area contributed by atoms with Crippen molar-refractivity contribution < 1.29 is 4.74 Å². The molecule has 1 saturated carbocycles. The summed E-state index contributed by atoms with van der Waals surface area (Å²) in [5.74, 6) is 2.03. The zero-order valence-electron chi connectivity index (χ0n) is 15.7. The smallest absolute Gasteiger partial charge is 0.129 e. The van der Waals surface area contributed by atoms with Gasteiger partial charge in [0.25, 0.3) is 0 Å². The zero-order valence-corrected chi connectivity index (χ0v) is 15.7. The first-order valence-electron chi connectivity index (χ1n) is 9.95. The lowest BCUT2D eigenvalue weighted by Crippen LogP contribution is -2.28. The van der Waals surface area contributed by atoms with Crippen molar-refractivity contribution in [3.8, 4) is 0 Å². The van der Waals surface area contributed by atoms with E-state index in [1.165, 1.54) is 62.9 Å². The number of fused-ring (bicyclic) bond motifs is 1. The lowest BCUT2D eigenvalue weighted by Gasteiger charge is -2.22. The highest BCUT2D eigenvalue weighted by Crippen LogP contribution is 2.27. The number of hydrogen-bond acceptors (Lipinski definition) is 4. The van der Waals surface area contributed by atoms with E-state index in [4.69, 9.17) is 9.72 Å². The molecule has 0 spiro atoms. The third kappa shape index (κ3) is 5.74. The van der Waals surface area contributed by atoms with Crippen LogP contribution in [0.2, 0.25) is 0 Å². The highest BCUT2D eigenvalue weighted by atomic mass is 16.5. The van der Waals surface area contributed by atoms with Crippen LogP contribution in [0.5, 0.6) is 0 Å². The minimum Gasteiger partial charge on any atom is -0.502 e. The number of ether oxygens (including phenoxy) is 1. The number of allylic oxidation sites excluding steroid dienone is 1. The molecule has 1 fully saturated rings. The normalized spacial score (nSPS) is 16.4.